The van der Waals surface area contributed by atoms with E-state index in [0.717, 1.165) is 0 Å². The maximum atomic E-state index is 10.8. The maximum absolute atomic E-state index is 10.8. The second-order valence-electron chi connectivity index (χ2n) is 1.90. The molecule has 0 atom stereocenters. The minimum atomic E-state index is -0.483. The van der Waals surface area contributed by atoms with Crippen LogP contribution in [0.25, 0.3) is 0 Å². The fraction of sp³-hybridized carbons (Fsp3) is 0.500. The van der Waals surface area contributed by atoms with Gasteiger partial charge in [0.05, 0.1) is 0 Å². The predicted octanol–water partition coefficient (Wildman–Crippen LogP) is -0.168. The van der Waals surface area contributed by atoms with Crippen LogP contribution in [0.15, 0.2) is 4.99 Å². The van der Waals surface area contributed by atoms with E-state index in [1.165, 1.54) is 11.9 Å². The van der Waals surface area contributed by atoms with Crippen molar-refractivity contribution in [2.75, 3.05) is 14.1 Å². The summed E-state index contributed by atoms with van der Waals surface area (Å²) in [6.07, 6.45) is 0.335. The molecule has 0 fully saturated rings. The first-order valence-corrected chi connectivity index (χ1v) is 3.04. The second-order valence-corrected chi connectivity index (χ2v) is 1.90. The Hall–Kier alpha value is -1.39. The van der Waals surface area contributed by atoms with Gasteiger partial charge in [-0.25, -0.2) is 4.79 Å². The highest BCUT2D eigenvalue weighted by Gasteiger charge is 2.08. The van der Waals surface area contributed by atoms with Gasteiger partial charge in [-0.3, -0.25) is 20.0 Å². The van der Waals surface area contributed by atoms with Crippen LogP contribution in [0, 0.1) is 0 Å². The number of amidine groups is 1. The number of hydrogen-bond donors (Lipinski definition) is 1. The third kappa shape index (κ3) is 2.79. The first-order chi connectivity index (χ1) is 5.13. The van der Waals surface area contributed by atoms with E-state index in [9.17, 15) is 9.59 Å². The number of amides is 3. The van der Waals surface area contributed by atoms with Crippen molar-refractivity contribution in [2.24, 2.45) is 4.99 Å². The number of hydrogen-bond acceptors (Lipinski definition) is 3. The van der Waals surface area contributed by atoms with Gasteiger partial charge in [0.25, 0.3) is 0 Å². The summed E-state index contributed by atoms with van der Waals surface area (Å²) >= 11 is 0. The summed E-state index contributed by atoms with van der Waals surface area (Å²) in [7, 11) is 3.10. The summed E-state index contributed by atoms with van der Waals surface area (Å²) in [5.74, 6) is 0.546. The molecule has 0 saturated carbocycles. The van der Waals surface area contributed by atoms with Gasteiger partial charge in [-0.1, -0.05) is 0 Å². The van der Waals surface area contributed by atoms with Crippen LogP contribution in [-0.2, 0) is 4.79 Å². The Morgan fingerprint density at radius 1 is 1.64 bits per heavy atom. The number of imide groups is 1. The average molecular weight is 157 g/mol. The standard InChI is InChI=1S/C6H11N3O2/c1-5(7-2)9(3)6(11)8-4-10/h4H,1-3H3,(H,8,10,11). The lowest BCUT2D eigenvalue weighted by molar-refractivity contribution is -0.108. The zero-order valence-electron chi connectivity index (χ0n) is 6.79. The molecule has 0 aliphatic heterocycles. The van der Waals surface area contributed by atoms with Gasteiger partial charge in [-0.2, -0.15) is 0 Å². The highest BCUT2D eigenvalue weighted by atomic mass is 16.2. The molecule has 5 heteroatoms. The van der Waals surface area contributed by atoms with E-state index < -0.39 is 6.03 Å². The van der Waals surface area contributed by atoms with E-state index in [0.29, 0.717) is 12.2 Å². The molecular formula is C6H11N3O2. The van der Waals surface area contributed by atoms with Crippen molar-refractivity contribution in [1.82, 2.24) is 10.2 Å². The Morgan fingerprint density at radius 2 is 2.18 bits per heavy atom. The molecule has 11 heavy (non-hydrogen) atoms. The molecule has 0 spiro atoms. The highest BCUT2D eigenvalue weighted by Crippen LogP contribution is 1.86. The molecule has 0 radical (unpaired) electrons. The lowest BCUT2D eigenvalue weighted by atomic mass is 10.6. The Kier molecular flexibility index (Phi) is 3.87. The fourth-order valence-electron chi connectivity index (χ4n) is 0.444. The Morgan fingerprint density at radius 3 is 2.55 bits per heavy atom. The number of rotatable bonds is 1. The van der Waals surface area contributed by atoms with Crippen molar-refractivity contribution >= 4 is 18.3 Å². The SMILES string of the molecule is CN=C(C)N(C)C(=O)NC=O. The zero-order valence-corrected chi connectivity index (χ0v) is 6.79. The molecule has 0 heterocycles. The number of carbonyl (C=O) groups excluding carboxylic acids is 2. The molecular weight excluding hydrogens is 146 g/mol. The van der Waals surface area contributed by atoms with Crippen LogP contribution >= 0.6 is 0 Å². The molecule has 0 aromatic heterocycles. The topological polar surface area (TPSA) is 61.8 Å². The highest BCUT2D eigenvalue weighted by molar-refractivity contribution is 5.98. The third-order valence-electron chi connectivity index (χ3n) is 1.30. The minimum absolute atomic E-state index is 0.335. The molecule has 0 aromatic carbocycles. The molecule has 62 valence electrons. The normalized spacial score (nSPS) is 10.6. The van der Waals surface area contributed by atoms with Crippen molar-refractivity contribution in [3.8, 4) is 0 Å². The zero-order chi connectivity index (χ0) is 8.85. The summed E-state index contributed by atoms with van der Waals surface area (Å²) < 4.78 is 0. The molecule has 0 aromatic rings. The Balaban J connectivity index is 4.12. The van der Waals surface area contributed by atoms with E-state index in [2.05, 4.69) is 4.99 Å². The van der Waals surface area contributed by atoms with Crippen LogP contribution in [-0.4, -0.2) is 37.3 Å². The van der Waals surface area contributed by atoms with Crippen molar-refractivity contribution in [3.63, 3.8) is 0 Å². The van der Waals surface area contributed by atoms with E-state index in [-0.39, 0.29) is 0 Å². The number of carbonyl (C=O) groups is 2. The molecule has 3 amide bonds. The van der Waals surface area contributed by atoms with E-state index >= 15 is 0 Å². The molecule has 0 aliphatic carbocycles. The summed E-state index contributed by atoms with van der Waals surface area (Å²) in [5.41, 5.74) is 0. The third-order valence-corrected chi connectivity index (χ3v) is 1.30. The number of nitrogens with one attached hydrogen (secondary N) is 1. The summed E-state index contributed by atoms with van der Waals surface area (Å²) in [4.78, 5) is 25.7. The first kappa shape index (κ1) is 9.61. The van der Waals surface area contributed by atoms with Gasteiger partial charge in [0.15, 0.2) is 0 Å². The quantitative estimate of drug-likeness (QED) is 0.326. The number of aliphatic imine (C=N–C) groups is 1. The molecule has 0 saturated heterocycles. The number of nitrogens with zero attached hydrogens (tertiary/aromatic N) is 2. The van der Waals surface area contributed by atoms with Crippen LogP contribution in [0.1, 0.15) is 6.92 Å². The van der Waals surface area contributed by atoms with Crippen LogP contribution in [0.5, 0.6) is 0 Å². The lowest BCUT2D eigenvalue weighted by Crippen LogP contribution is -2.39. The van der Waals surface area contributed by atoms with Crippen LogP contribution in [0.2, 0.25) is 0 Å². The van der Waals surface area contributed by atoms with Crippen molar-refractivity contribution in [1.29, 1.82) is 0 Å². The van der Waals surface area contributed by atoms with Crippen molar-refractivity contribution < 1.29 is 9.59 Å². The molecule has 0 unspecified atom stereocenters. The van der Waals surface area contributed by atoms with Crippen LogP contribution in [0.4, 0.5) is 4.79 Å². The molecule has 1 N–H and O–H groups in total. The maximum Gasteiger partial charge on any atom is 0.328 e. The lowest BCUT2D eigenvalue weighted by Gasteiger charge is -2.14. The van der Waals surface area contributed by atoms with Gasteiger partial charge in [-0.15, -0.1) is 0 Å². The monoisotopic (exact) mass is 157 g/mol. The molecule has 0 bridgehead atoms. The fourth-order valence-corrected chi connectivity index (χ4v) is 0.444. The molecule has 5 nitrogen and oxygen atoms in total. The van der Waals surface area contributed by atoms with Crippen molar-refractivity contribution in [3.05, 3.63) is 0 Å². The average Bonchev–Trinajstić information content (AvgIpc) is 2.02. The second kappa shape index (κ2) is 4.43. The first-order valence-electron chi connectivity index (χ1n) is 3.04. The summed E-state index contributed by atoms with van der Waals surface area (Å²) in [5, 5.41) is 1.99. The van der Waals surface area contributed by atoms with Crippen LogP contribution in [0.3, 0.4) is 0 Å². The largest absolute Gasteiger partial charge is 0.328 e. The van der Waals surface area contributed by atoms with E-state index in [1.54, 1.807) is 14.0 Å². The van der Waals surface area contributed by atoms with Gasteiger partial charge < -0.3 is 0 Å². The van der Waals surface area contributed by atoms with Gasteiger partial charge >= 0.3 is 6.03 Å². The van der Waals surface area contributed by atoms with E-state index in [4.69, 9.17) is 0 Å². The minimum Gasteiger partial charge on any atom is -0.285 e. The van der Waals surface area contributed by atoms with Gasteiger partial charge in [-0.05, 0) is 6.92 Å². The predicted molar refractivity (Wildman–Crippen MR) is 41.4 cm³/mol. The Labute approximate surface area is 65.1 Å². The Bertz CT molecular complexity index is 188. The van der Waals surface area contributed by atoms with Gasteiger partial charge in [0.1, 0.15) is 5.84 Å². The summed E-state index contributed by atoms with van der Waals surface area (Å²) in [6, 6.07) is -0.483. The van der Waals surface area contributed by atoms with E-state index in [1.807, 2.05) is 5.32 Å². The van der Waals surface area contributed by atoms with Gasteiger partial charge in [0, 0.05) is 14.1 Å². The molecule has 0 rings (SSSR count). The number of urea groups is 1. The van der Waals surface area contributed by atoms with Crippen LogP contribution < -0.4 is 5.32 Å². The summed E-state index contributed by atoms with van der Waals surface area (Å²) in [6.45, 7) is 1.67. The van der Waals surface area contributed by atoms with Crippen molar-refractivity contribution in [2.45, 2.75) is 6.92 Å². The van der Waals surface area contributed by atoms with Gasteiger partial charge in [0.2, 0.25) is 6.41 Å². The molecule has 0 aliphatic rings. The smallest absolute Gasteiger partial charge is 0.285 e.